The Bertz CT molecular complexity index is 472. The lowest BCUT2D eigenvalue weighted by Gasteiger charge is -2.34. The van der Waals surface area contributed by atoms with Gasteiger partial charge in [-0.1, -0.05) is 30.9 Å². The molecule has 2 fully saturated rings. The summed E-state index contributed by atoms with van der Waals surface area (Å²) in [6.45, 7) is 9.74. The van der Waals surface area contributed by atoms with Crippen LogP contribution < -0.4 is 0 Å². The van der Waals surface area contributed by atoms with Crippen molar-refractivity contribution in [2.24, 2.45) is 17.8 Å². The normalized spacial score (nSPS) is 46.7. The molecule has 3 aliphatic rings. The minimum atomic E-state index is -0.939. The second kappa shape index (κ2) is 3.58. The van der Waals surface area contributed by atoms with Crippen LogP contribution >= 0.6 is 0 Å². The summed E-state index contributed by atoms with van der Waals surface area (Å²) in [4.78, 5) is 11.7. The van der Waals surface area contributed by atoms with E-state index < -0.39 is 5.60 Å². The van der Waals surface area contributed by atoms with Crippen molar-refractivity contribution >= 4 is 5.97 Å². The van der Waals surface area contributed by atoms with Crippen LogP contribution in [0, 0.1) is 17.8 Å². The van der Waals surface area contributed by atoms with Gasteiger partial charge in [-0.15, -0.1) is 0 Å². The highest BCUT2D eigenvalue weighted by Crippen LogP contribution is 2.50. The topological polar surface area (TPSA) is 46.5 Å². The average Bonchev–Trinajstić information content (AvgIpc) is 2.69. The Labute approximate surface area is 107 Å². The highest BCUT2D eigenvalue weighted by atomic mass is 16.6. The minimum absolute atomic E-state index is 0.0237. The maximum absolute atomic E-state index is 11.7. The standard InChI is InChI=1S/C15H18O3/c1-8-4-5-11-9(2)14(16)18-13(11)12-10(8)6-7-15(12,3)17/h6-7,10-13,17H,1-2,4-5H2,3H3/t10-,11+,12+,13+,15-/m1/s1. The maximum atomic E-state index is 11.7. The molecule has 0 spiro atoms. The van der Waals surface area contributed by atoms with E-state index in [0.717, 1.165) is 18.4 Å². The van der Waals surface area contributed by atoms with E-state index in [0.29, 0.717) is 5.57 Å². The van der Waals surface area contributed by atoms with Crippen LogP contribution in [0.4, 0.5) is 0 Å². The molecule has 2 aliphatic carbocycles. The third-order valence-corrected chi connectivity index (χ3v) is 4.65. The lowest BCUT2D eigenvalue weighted by molar-refractivity contribution is -0.145. The van der Waals surface area contributed by atoms with Gasteiger partial charge >= 0.3 is 5.97 Å². The van der Waals surface area contributed by atoms with Gasteiger partial charge in [0.05, 0.1) is 5.60 Å². The Hall–Kier alpha value is -1.35. The predicted molar refractivity (Wildman–Crippen MR) is 67.6 cm³/mol. The first kappa shape index (κ1) is 11.7. The molecule has 0 unspecified atom stereocenters. The Morgan fingerprint density at radius 1 is 1.50 bits per heavy atom. The molecule has 96 valence electrons. The van der Waals surface area contributed by atoms with E-state index in [1.807, 2.05) is 12.2 Å². The van der Waals surface area contributed by atoms with E-state index in [-0.39, 0.29) is 29.8 Å². The van der Waals surface area contributed by atoms with Crippen molar-refractivity contribution in [1.82, 2.24) is 0 Å². The fraction of sp³-hybridized carbons (Fsp3) is 0.533. The van der Waals surface area contributed by atoms with Crippen LogP contribution in [0.2, 0.25) is 0 Å². The van der Waals surface area contributed by atoms with Gasteiger partial charge in [-0.25, -0.2) is 4.79 Å². The van der Waals surface area contributed by atoms with Crippen molar-refractivity contribution in [2.75, 3.05) is 0 Å². The van der Waals surface area contributed by atoms with Crippen molar-refractivity contribution in [3.05, 3.63) is 36.5 Å². The third kappa shape index (κ3) is 1.43. The molecular formula is C15H18O3. The van der Waals surface area contributed by atoms with Gasteiger partial charge in [0.1, 0.15) is 6.10 Å². The van der Waals surface area contributed by atoms with Gasteiger partial charge in [0.25, 0.3) is 0 Å². The Kier molecular flexibility index (Phi) is 2.33. The van der Waals surface area contributed by atoms with Crippen molar-refractivity contribution < 1.29 is 14.6 Å². The summed E-state index contributed by atoms with van der Waals surface area (Å²) in [6, 6.07) is 0. The van der Waals surface area contributed by atoms with Gasteiger partial charge in [-0.2, -0.15) is 0 Å². The Balaban J connectivity index is 2.04. The smallest absolute Gasteiger partial charge is 0.334 e. The molecule has 1 heterocycles. The largest absolute Gasteiger partial charge is 0.458 e. The number of ether oxygens (including phenoxy) is 1. The Morgan fingerprint density at radius 2 is 2.22 bits per heavy atom. The lowest BCUT2D eigenvalue weighted by Crippen LogP contribution is -2.42. The monoisotopic (exact) mass is 246 g/mol. The maximum Gasteiger partial charge on any atom is 0.334 e. The third-order valence-electron chi connectivity index (χ3n) is 4.65. The number of hydrogen-bond donors (Lipinski definition) is 1. The van der Waals surface area contributed by atoms with Gasteiger partial charge in [0.15, 0.2) is 0 Å². The van der Waals surface area contributed by atoms with Crippen molar-refractivity contribution in [3.8, 4) is 0 Å². The molecule has 1 saturated heterocycles. The predicted octanol–water partition coefficient (Wildman–Crippen LogP) is 1.99. The molecule has 1 N–H and O–H groups in total. The van der Waals surface area contributed by atoms with Crippen LogP contribution in [-0.4, -0.2) is 22.8 Å². The van der Waals surface area contributed by atoms with Gasteiger partial charge < -0.3 is 9.84 Å². The number of hydrogen-bond acceptors (Lipinski definition) is 3. The Morgan fingerprint density at radius 3 is 2.94 bits per heavy atom. The van der Waals surface area contributed by atoms with Crippen LogP contribution in [0.5, 0.6) is 0 Å². The second-order valence-electron chi connectivity index (χ2n) is 5.84. The van der Waals surface area contributed by atoms with E-state index in [2.05, 4.69) is 13.2 Å². The lowest BCUT2D eigenvalue weighted by atomic mass is 9.76. The minimum Gasteiger partial charge on any atom is -0.458 e. The number of rotatable bonds is 0. The van der Waals surface area contributed by atoms with Gasteiger partial charge in [0.2, 0.25) is 0 Å². The zero-order chi connectivity index (χ0) is 13.1. The summed E-state index contributed by atoms with van der Waals surface area (Å²) >= 11 is 0. The summed E-state index contributed by atoms with van der Waals surface area (Å²) in [6.07, 6.45) is 5.25. The number of carbonyl (C=O) groups is 1. The molecule has 0 aromatic carbocycles. The van der Waals surface area contributed by atoms with E-state index in [9.17, 15) is 9.90 Å². The van der Waals surface area contributed by atoms with Crippen molar-refractivity contribution in [3.63, 3.8) is 0 Å². The molecule has 3 rings (SSSR count). The molecule has 0 aromatic rings. The number of carbonyl (C=O) groups excluding carboxylic acids is 1. The first-order chi connectivity index (χ1) is 8.42. The molecule has 1 saturated carbocycles. The highest BCUT2D eigenvalue weighted by molar-refractivity contribution is 5.91. The van der Waals surface area contributed by atoms with E-state index >= 15 is 0 Å². The summed E-state index contributed by atoms with van der Waals surface area (Å²) in [5.41, 5.74) is 0.731. The van der Waals surface area contributed by atoms with E-state index in [1.165, 1.54) is 0 Å². The SMILES string of the molecule is C=C1CC[C@H]2C(=C)C(=O)O[C@@H]2[C@@H]2[C@@H]1C=C[C@@]2(C)O. The number of fused-ring (bicyclic) bond motifs is 3. The number of aliphatic hydroxyl groups is 1. The van der Waals surface area contributed by atoms with Crippen molar-refractivity contribution in [2.45, 2.75) is 31.5 Å². The zero-order valence-corrected chi connectivity index (χ0v) is 10.6. The molecule has 3 heteroatoms. The molecule has 18 heavy (non-hydrogen) atoms. The molecule has 5 atom stereocenters. The fourth-order valence-corrected chi connectivity index (χ4v) is 3.62. The number of esters is 1. The first-order valence-electron chi connectivity index (χ1n) is 6.41. The molecule has 3 nitrogen and oxygen atoms in total. The first-order valence-corrected chi connectivity index (χ1v) is 6.41. The van der Waals surface area contributed by atoms with E-state index in [1.54, 1.807) is 6.92 Å². The van der Waals surface area contributed by atoms with Gasteiger partial charge in [0, 0.05) is 23.3 Å². The molecule has 0 radical (unpaired) electrons. The molecule has 0 aromatic heterocycles. The molecule has 0 bridgehead atoms. The van der Waals surface area contributed by atoms with Gasteiger partial charge in [-0.05, 0) is 19.8 Å². The summed E-state index contributed by atoms with van der Waals surface area (Å²) in [7, 11) is 0. The van der Waals surface area contributed by atoms with Crippen LogP contribution in [0.15, 0.2) is 36.5 Å². The van der Waals surface area contributed by atoms with Gasteiger partial charge in [-0.3, -0.25) is 0 Å². The summed E-state index contributed by atoms with van der Waals surface area (Å²) in [5.74, 6) is -0.302. The number of allylic oxidation sites excluding steroid dienone is 2. The highest BCUT2D eigenvalue weighted by Gasteiger charge is 2.54. The quantitative estimate of drug-likeness (QED) is 0.404. The van der Waals surface area contributed by atoms with E-state index in [4.69, 9.17) is 4.74 Å². The van der Waals surface area contributed by atoms with Crippen LogP contribution in [0.3, 0.4) is 0 Å². The molecule has 0 amide bonds. The summed E-state index contributed by atoms with van der Waals surface area (Å²) in [5, 5.41) is 10.5. The van der Waals surface area contributed by atoms with Crippen molar-refractivity contribution in [1.29, 1.82) is 0 Å². The fourth-order valence-electron chi connectivity index (χ4n) is 3.62. The zero-order valence-electron chi connectivity index (χ0n) is 10.6. The average molecular weight is 246 g/mol. The summed E-state index contributed by atoms with van der Waals surface area (Å²) < 4.78 is 5.48. The molecular weight excluding hydrogens is 228 g/mol. The van der Waals surface area contributed by atoms with Crippen LogP contribution in [0.1, 0.15) is 19.8 Å². The second-order valence-corrected chi connectivity index (χ2v) is 5.84. The van der Waals surface area contributed by atoms with Crippen LogP contribution in [-0.2, 0) is 9.53 Å². The van der Waals surface area contributed by atoms with Crippen LogP contribution in [0.25, 0.3) is 0 Å². The molecule has 1 aliphatic heterocycles.